The molecule has 1 aliphatic carbocycles. The molecule has 2 heteroatoms. The molecular weight excluding hydrogens is 164 g/mol. The molecule has 0 amide bonds. The summed E-state index contributed by atoms with van der Waals surface area (Å²) in [6, 6.07) is 0. The van der Waals surface area contributed by atoms with Crippen LogP contribution in [0.3, 0.4) is 0 Å². The molecule has 0 saturated heterocycles. The van der Waals surface area contributed by atoms with Crippen LogP contribution in [0.25, 0.3) is 0 Å². The fourth-order valence-corrected chi connectivity index (χ4v) is 1.75. The van der Waals surface area contributed by atoms with Gasteiger partial charge >= 0.3 is 0 Å². The highest BCUT2D eigenvalue weighted by Gasteiger charge is 2.21. The normalized spacial score (nSPS) is 19.0. The Hall–Kier alpha value is -0.630. The summed E-state index contributed by atoms with van der Waals surface area (Å²) in [6.45, 7) is 4.50. The van der Waals surface area contributed by atoms with Crippen LogP contribution >= 0.6 is 0 Å². The zero-order valence-electron chi connectivity index (χ0n) is 8.34. The molecule has 0 aromatic rings. The lowest BCUT2D eigenvalue weighted by atomic mass is 9.83. The molecular formula is C11H18O2. The summed E-state index contributed by atoms with van der Waals surface area (Å²) in [6.07, 6.45) is 4.64. The number of allylic oxidation sites excluding steroid dienone is 1. The number of hydrogen-bond acceptors (Lipinski definition) is 2. The van der Waals surface area contributed by atoms with Crippen LogP contribution in [-0.4, -0.2) is 19.5 Å². The summed E-state index contributed by atoms with van der Waals surface area (Å²) in [5, 5.41) is 0. The van der Waals surface area contributed by atoms with Gasteiger partial charge in [0.25, 0.3) is 0 Å². The van der Waals surface area contributed by atoms with Gasteiger partial charge in [-0.2, -0.15) is 0 Å². The van der Waals surface area contributed by atoms with Gasteiger partial charge in [-0.25, -0.2) is 0 Å². The van der Waals surface area contributed by atoms with Crippen LogP contribution in [0.1, 0.15) is 32.1 Å². The van der Waals surface area contributed by atoms with Gasteiger partial charge in [0.1, 0.15) is 5.78 Å². The molecule has 0 N–H and O–H groups in total. The molecule has 0 heterocycles. The summed E-state index contributed by atoms with van der Waals surface area (Å²) in [5.41, 5.74) is 1.30. The van der Waals surface area contributed by atoms with Crippen LogP contribution in [0, 0.1) is 5.92 Å². The van der Waals surface area contributed by atoms with Gasteiger partial charge < -0.3 is 4.74 Å². The Bertz CT molecular complexity index is 186. The summed E-state index contributed by atoms with van der Waals surface area (Å²) in [4.78, 5) is 11.6. The lowest BCUT2D eigenvalue weighted by Gasteiger charge is -2.21. The molecule has 0 aliphatic heterocycles. The van der Waals surface area contributed by atoms with Crippen LogP contribution in [0.15, 0.2) is 12.2 Å². The molecule has 0 radical (unpaired) electrons. The summed E-state index contributed by atoms with van der Waals surface area (Å²) in [5.74, 6) is 0.648. The Kier molecular flexibility index (Phi) is 4.16. The molecule has 0 spiro atoms. The molecule has 13 heavy (non-hydrogen) atoms. The third-order valence-corrected chi connectivity index (χ3v) is 2.70. The van der Waals surface area contributed by atoms with Gasteiger partial charge in [0.2, 0.25) is 0 Å². The molecule has 74 valence electrons. The largest absolute Gasteiger partial charge is 0.384 e. The van der Waals surface area contributed by atoms with E-state index in [0.29, 0.717) is 18.8 Å². The number of carbonyl (C=O) groups is 1. The van der Waals surface area contributed by atoms with Crippen molar-refractivity contribution in [2.75, 3.05) is 13.7 Å². The Balaban J connectivity index is 2.27. The van der Waals surface area contributed by atoms with Crippen molar-refractivity contribution in [1.29, 1.82) is 0 Å². The quantitative estimate of drug-likeness (QED) is 0.624. The van der Waals surface area contributed by atoms with Crippen molar-refractivity contribution >= 4 is 5.78 Å². The van der Waals surface area contributed by atoms with Crippen LogP contribution in [0.4, 0.5) is 0 Å². The molecule has 0 atom stereocenters. The third-order valence-electron chi connectivity index (χ3n) is 2.70. The summed E-state index contributed by atoms with van der Waals surface area (Å²) >= 11 is 0. The molecule has 1 saturated carbocycles. The Morgan fingerprint density at radius 1 is 1.54 bits per heavy atom. The van der Waals surface area contributed by atoms with Crippen molar-refractivity contribution in [1.82, 2.24) is 0 Å². The number of hydrogen-bond donors (Lipinski definition) is 0. The SMILES string of the molecule is C=C1CCC(C(=O)CCOC)CC1. The second kappa shape index (κ2) is 5.18. The molecule has 1 aliphatic rings. The second-order valence-corrected chi connectivity index (χ2v) is 3.73. The van der Waals surface area contributed by atoms with Gasteiger partial charge in [-0.3, -0.25) is 4.79 Å². The van der Waals surface area contributed by atoms with Crippen LogP contribution in [0.2, 0.25) is 0 Å². The minimum atomic E-state index is 0.278. The van der Waals surface area contributed by atoms with Gasteiger partial charge in [0, 0.05) is 19.4 Å². The third kappa shape index (κ3) is 3.31. The molecule has 0 aromatic carbocycles. The van der Waals surface area contributed by atoms with E-state index in [1.54, 1.807) is 7.11 Å². The van der Waals surface area contributed by atoms with E-state index in [1.807, 2.05) is 0 Å². The number of ether oxygens (including phenoxy) is 1. The number of carbonyl (C=O) groups excluding carboxylic acids is 1. The Morgan fingerprint density at radius 2 is 2.15 bits per heavy atom. The van der Waals surface area contributed by atoms with Gasteiger partial charge in [-0.1, -0.05) is 12.2 Å². The van der Waals surface area contributed by atoms with Gasteiger partial charge in [0.05, 0.1) is 6.61 Å². The summed E-state index contributed by atoms with van der Waals surface area (Å²) < 4.78 is 4.89. The highest BCUT2D eigenvalue weighted by molar-refractivity contribution is 5.81. The van der Waals surface area contributed by atoms with Crippen molar-refractivity contribution < 1.29 is 9.53 Å². The van der Waals surface area contributed by atoms with Crippen molar-refractivity contribution in [2.45, 2.75) is 32.1 Å². The lowest BCUT2D eigenvalue weighted by Crippen LogP contribution is -2.19. The van der Waals surface area contributed by atoms with Gasteiger partial charge in [-0.05, 0) is 25.7 Å². The first kappa shape index (κ1) is 10.5. The lowest BCUT2D eigenvalue weighted by molar-refractivity contribution is -0.124. The number of ketones is 1. The second-order valence-electron chi connectivity index (χ2n) is 3.73. The first-order valence-electron chi connectivity index (χ1n) is 4.92. The smallest absolute Gasteiger partial charge is 0.138 e. The Labute approximate surface area is 80.0 Å². The Morgan fingerprint density at radius 3 is 2.69 bits per heavy atom. The summed E-state index contributed by atoms with van der Waals surface area (Å²) in [7, 11) is 1.63. The van der Waals surface area contributed by atoms with E-state index >= 15 is 0 Å². The van der Waals surface area contributed by atoms with Gasteiger partial charge in [-0.15, -0.1) is 0 Å². The van der Waals surface area contributed by atoms with Crippen molar-refractivity contribution in [2.24, 2.45) is 5.92 Å². The maximum absolute atomic E-state index is 11.6. The van der Waals surface area contributed by atoms with E-state index in [-0.39, 0.29) is 5.92 Å². The monoisotopic (exact) mass is 182 g/mol. The standard InChI is InChI=1S/C11H18O2/c1-9-3-5-10(6-4-9)11(12)7-8-13-2/h10H,1,3-8H2,2H3. The number of methoxy groups -OCH3 is 1. The molecule has 1 fully saturated rings. The van der Waals surface area contributed by atoms with E-state index in [9.17, 15) is 4.79 Å². The van der Waals surface area contributed by atoms with E-state index in [0.717, 1.165) is 25.7 Å². The van der Waals surface area contributed by atoms with Crippen molar-refractivity contribution in [3.05, 3.63) is 12.2 Å². The fourth-order valence-electron chi connectivity index (χ4n) is 1.75. The molecule has 0 aromatic heterocycles. The fraction of sp³-hybridized carbons (Fsp3) is 0.727. The molecule has 2 nitrogen and oxygen atoms in total. The number of Topliss-reactive ketones (excluding diaryl/α,β-unsaturated/α-hetero) is 1. The van der Waals surface area contributed by atoms with E-state index in [2.05, 4.69) is 6.58 Å². The van der Waals surface area contributed by atoms with E-state index < -0.39 is 0 Å². The highest BCUT2D eigenvalue weighted by atomic mass is 16.5. The zero-order chi connectivity index (χ0) is 9.68. The molecule has 0 unspecified atom stereocenters. The van der Waals surface area contributed by atoms with E-state index in [4.69, 9.17) is 4.74 Å². The maximum atomic E-state index is 11.6. The molecule has 0 bridgehead atoms. The van der Waals surface area contributed by atoms with Crippen LogP contribution in [-0.2, 0) is 9.53 Å². The predicted octanol–water partition coefficient (Wildman–Crippen LogP) is 2.34. The zero-order valence-corrected chi connectivity index (χ0v) is 8.34. The minimum absolute atomic E-state index is 0.278. The average Bonchev–Trinajstić information content (AvgIpc) is 2.15. The van der Waals surface area contributed by atoms with Gasteiger partial charge in [0.15, 0.2) is 0 Å². The van der Waals surface area contributed by atoms with Crippen molar-refractivity contribution in [3.8, 4) is 0 Å². The molecule has 1 rings (SSSR count). The highest BCUT2D eigenvalue weighted by Crippen LogP contribution is 2.28. The van der Waals surface area contributed by atoms with E-state index in [1.165, 1.54) is 5.57 Å². The average molecular weight is 182 g/mol. The first-order valence-corrected chi connectivity index (χ1v) is 4.92. The maximum Gasteiger partial charge on any atom is 0.138 e. The first-order chi connectivity index (χ1) is 6.24. The van der Waals surface area contributed by atoms with Crippen LogP contribution in [0.5, 0.6) is 0 Å². The minimum Gasteiger partial charge on any atom is -0.384 e. The topological polar surface area (TPSA) is 26.3 Å². The number of rotatable bonds is 4. The predicted molar refractivity (Wildman–Crippen MR) is 52.6 cm³/mol. The van der Waals surface area contributed by atoms with Crippen LogP contribution < -0.4 is 0 Å². The van der Waals surface area contributed by atoms with Crippen molar-refractivity contribution in [3.63, 3.8) is 0 Å².